The number of carbonyl (C=O) groups excluding carboxylic acids is 3. The van der Waals surface area contributed by atoms with Crippen molar-refractivity contribution in [1.29, 1.82) is 0 Å². The van der Waals surface area contributed by atoms with Crippen molar-refractivity contribution in [3.8, 4) is 0 Å². The molecule has 2 atom stereocenters. The van der Waals surface area contributed by atoms with Crippen molar-refractivity contribution in [2.24, 2.45) is 11.8 Å². The zero-order chi connectivity index (χ0) is 18.0. The molecule has 1 heterocycles. The summed E-state index contributed by atoms with van der Waals surface area (Å²) in [5.41, 5.74) is 0.539. The smallest absolute Gasteiger partial charge is 0.326 e. The van der Waals surface area contributed by atoms with E-state index >= 15 is 0 Å². The minimum absolute atomic E-state index is 0.0501. The molecule has 8 nitrogen and oxygen atoms in total. The van der Waals surface area contributed by atoms with Gasteiger partial charge in [0.2, 0.25) is 11.8 Å². The summed E-state index contributed by atoms with van der Waals surface area (Å²) in [6.07, 6.45) is 3.25. The average molecular weight is 346 g/mol. The predicted molar refractivity (Wildman–Crippen MR) is 85.1 cm³/mol. The molecule has 0 radical (unpaired) electrons. The molecular formula is C17H18N2O6. The molecule has 0 unspecified atom stereocenters. The number of benzene rings is 1. The molecule has 1 aliphatic heterocycles. The van der Waals surface area contributed by atoms with E-state index in [0.717, 1.165) is 17.7 Å². The van der Waals surface area contributed by atoms with E-state index < -0.39 is 10.9 Å². The second kappa shape index (κ2) is 7.00. The van der Waals surface area contributed by atoms with E-state index in [1.807, 2.05) is 0 Å². The number of hydrogen-bond donors (Lipinski definition) is 0. The number of nitro groups is 1. The fraction of sp³-hybridized carbons (Fsp3) is 0.471. The van der Waals surface area contributed by atoms with Crippen LogP contribution in [0.25, 0.3) is 0 Å². The summed E-state index contributed by atoms with van der Waals surface area (Å²) in [5.74, 6) is -1.80. The SMILES string of the molecule is O=C(CN1C(=O)[C@H]2CCCC[C@@H]2C1=O)OCc1ccc([N+](=O)[O-])cc1. The second-order valence-electron chi connectivity index (χ2n) is 6.34. The maximum absolute atomic E-state index is 12.3. The first-order chi connectivity index (χ1) is 12.0. The van der Waals surface area contributed by atoms with Gasteiger partial charge in [0.1, 0.15) is 13.2 Å². The lowest BCUT2D eigenvalue weighted by Crippen LogP contribution is -2.36. The number of rotatable bonds is 5. The molecule has 25 heavy (non-hydrogen) atoms. The Morgan fingerprint density at radius 1 is 1.12 bits per heavy atom. The highest BCUT2D eigenvalue weighted by atomic mass is 16.6. The number of imide groups is 1. The highest BCUT2D eigenvalue weighted by Crippen LogP contribution is 2.37. The molecule has 0 aromatic heterocycles. The molecule has 1 aliphatic carbocycles. The van der Waals surface area contributed by atoms with Crippen LogP contribution in [0.3, 0.4) is 0 Å². The lowest BCUT2D eigenvalue weighted by atomic mass is 9.81. The first-order valence-corrected chi connectivity index (χ1v) is 8.21. The molecule has 2 amide bonds. The van der Waals surface area contributed by atoms with Crippen LogP contribution >= 0.6 is 0 Å². The number of ether oxygens (including phenoxy) is 1. The third-order valence-electron chi connectivity index (χ3n) is 4.77. The Hall–Kier alpha value is -2.77. The van der Waals surface area contributed by atoms with Crippen LogP contribution < -0.4 is 0 Å². The number of nitro benzene ring substituents is 1. The van der Waals surface area contributed by atoms with Gasteiger partial charge < -0.3 is 4.74 Å². The van der Waals surface area contributed by atoms with Gasteiger partial charge in [-0.15, -0.1) is 0 Å². The Kier molecular flexibility index (Phi) is 4.78. The van der Waals surface area contributed by atoms with Crippen LogP contribution in [-0.4, -0.2) is 34.2 Å². The van der Waals surface area contributed by atoms with Gasteiger partial charge in [-0.1, -0.05) is 12.8 Å². The molecule has 0 spiro atoms. The van der Waals surface area contributed by atoms with E-state index in [1.54, 1.807) is 0 Å². The molecule has 2 aliphatic rings. The highest BCUT2D eigenvalue weighted by Gasteiger charge is 2.48. The van der Waals surface area contributed by atoms with Gasteiger partial charge in [-0.3, -0.25) is 29.4 Å². The van der Waals surface area contributed by atoms with Crippen molar-refractivity contribution in [2.75, 3.05) is 6.54 Å². The van der Waals surface area contributed by atoms with Crippen LogP contribution in [-0.2, 0) is 25.7 Å². The number of non-ortho nitro benzene ring substituents is 1. The van der Waals surface area contributed by atoms with Gasteiger partial charge in [0.25, 0.3) is 5.69 Å². The van der Waals surface area contributed by atoms with Crippen molar-refractivity contribution in [2.45, 2.75) is 32.3 Å². The number of esters is 1. The van der Waals surface area contributed by atoms with Crippen LogP contribution in [0.5, 0.6) is 0 Å². The fourth-order valence-electron chi connectivity index (χ4n) is 3.44. The van der Waals surface area contributed by atoms with Crippen molar-refractivity contribution >= 4 is 23.5 Å². The minimum Gasteiger partial charge on any atom is -0.459 e. The highest BCUT2D eigenvalue weighted by molar-refractivity contribution is 6.07. The van der Waals surface area contributed by atoms with Crippen LogP contribution in [0.1, 0.15) is 31.2 Å². The first-order valence-electron chi connectivity index (χ1n) is 8.21. The molecule has 1 aromatic rings. The van der Waals surface area contributed by atoms with Gasteiger partial charge >= 0.3 is 5.97 Å². The van der Waals surface area contributed by atoms with Crippen molar-refractivity contribution in [3.63, 3.8) is 0 Å². The quantitative estimate of drug-likeness (QED) is 0.348. The summed E-state index contributed by atoms with van der Waals surface area (Å²) in [7, 11) is 0. The third kappa shape index (κ3) is 3.52. The summed E-state index contributed by atoms with van der Waals surface area (Å²) >= 11 is 0. The maximum atomic E-state index is 12.3. The molecule has 1 saturated heterocycles. The van der Waals surface area contributed by atoms with Crippen LogP contribution in [0, 0.1) is 22.0 Å². The molecule has 0 bridgehead atoms. The van der Waals surface area contributed by atoms with E-state index in [9.17, 15) is 24.5 Å². The second-order valence-corrected chi connectivity index (χ2v) is 6.34. The van der Waals surface area contributed by atoms with Crippen molar-refractivity contribution < 1.29 is 24.0 Å². The third-order valence-corrected chi connectivity index (χ3v) is 4.77. The standard InChI is InChI=1S/C17H18N2O6/c20-15(25-10-11-5-7-12(8-6-11)19(23)24)9-18-16(21)13-3-1-2-4-14(13)17(18)22/h5-8,13-14H,1-4,9-10H2/t13-,14-/m0/s1. The molecule has 0 N–H and O–H groups in total. The molecule has 1 saturated carbocycles. The summed E-state index contributed by atoms with van der Waals surface area (Å²) in [6.45, 7) is -0.447. The molecular weight excluding hydrogens is 328 g/mol. The Balaban J connectivity index is 1.54. The number of nitrogens with zero attached hydrogens (tertiary/aromatic N) is 2. The number of amides is 2. The molecule has 1 aromatic carbocycles. The summed E-state index contributed by atoms with van der Waals surface area (Å²) in [4.78, 5) is 47.6. The Labute approximate surface area is 143 Å². The van der Waals surface area contributed by atoms with Gasteiger partial charge in [-0.2, -0.15) is 0 Å². The lowest BCUT2D eigenvalue weighted by Gasteiger charge is -2.19. The monoisotopic (exact) mass is 346 g/mol. The van der Waals surface area contributed by atoms with Gasteiger partial charge in [0.05, 0.1) is 16.8 Å². The van der Waals surface area contributed by atoms with E-state index in [4.69, 9.17) is 4.74 Å². The number of hydrogen-bond acceptors (Lipinski definition) is 6. The summed E-state index contributed by atoms with van der Waals surface area (Å²) < 4.78 is 5.09. The normalized spacial score (nSPS) is 22.6. The van der Waals surface area contributed by atoms with E-state index in [1.165, 1.54) is 24.3 Å². The van der Waals surface area contributed by atoms with Crippen molar-refractivity contribution in [3.05, 3.63) is 39.9 Å². The zero-order valence-electron chi connectivity index (χ0n) is 13.6. The average Bonchev–Trinajstić information content (AvgIpc) is 2.86. The van der Waals surface area contributed by atoms with Crippen molar-refractivity contribution in [1.82, 2.24) is 4.90 Å². The molecule has 3 rings (SSSR count). The number of carbonyl (C=O) groups is 3. The van der Waals surface area contributed by atoms with Gasteiger partial charge in [-0.25, -0.2) is 0 Å². The summed E-state index contributed by atoms with van der Waals surface area (Å²) in [5, 5.41) is 10.6. The molecule has 2 fully saturated rings. The molecule has 132 valence electrons. The molecule has 8 heteroatoms. The zero-order valence-corrected chi connectivity index (χ0v) is 13.6. The van der Waals surface area contributed by atoms with E-state index in [-0.39, 0.29) is 42.5 Å². The minimum atomic E-state index is -0.668. The van der Waals surface area contributed by atoms with Gasteiger partial charge in [0.15, 0.2) is 0 Å². The van der Waals surface area contributed by atoms with Gasteiger partial charge in [-0.05, 0) is 30.5 Å². The summed E-state index contributed by atoms with van der Waals surface area (Å²) in [6, 6.07) is 5.63. The largest absolute Gasteiger partial charge is 0.459 e. The lowest BCUT2D eigenvalue weighted by molar-refractivity contribution is -0.384. The number of likely N-dealkylation sites (tertiary alicyclic amines) is 1. The van der Waals surface area contributed by atoms with E-state index in [2.05, 4.69) is 0 Å². The Morgan fingerprint density at radius 3 is 2.20 bits per heavy atom. The van der Waals surface area contributed by atoms with Gasteiger partial charge in [0, 0.05) is 12.1 Å². The fourth-order valence-corrected chi connectivity index (χ4v) is 3.44. The predicted octanol–water partition coefficient (Wildman–Crippen LogP) is 1.81. The van der Waals surface area contributed by atoms with Crippen LogP contribution in [0.2, 0.25) is 0 Å². The van der Waals surface area contributed by atoms with Crippen LogP contribution in [0.4, 0.5) is 5.69 Å². The maximum Gasteiger partial charge on any atom is 0.326 e. The van der Waals surface area contributed by atoms with E-state index in [0.29, 0.717) is 18.4 Å². The topological polar surface area (TPSA) is 107 Å². The van der Waals surface area contributed by atoms with Crippen LogP contribution in [0.15, 0.2) is 24.3 Å². The first kappa shape index (κ1) is 17.1. The number of fused-ring (bicyclic) bond motifs is 1. The Bertz CT molecular complexity index is 690. The Morgan fingerprint density at radius 2 is 1.68 bits per heavy atom.